The van der Waals surface area contributed by atoms with Crippen molar-refractivity contribution in [1.82, 2.24) is 14.5 Å². The number of halogens is 1. The number of fused-ring (bicyclic) bond motifs is 1. The molecule has 0 amide bonds. The van der Waals surface area contributed by atoms with Gasteiger partial charge in [0.1, 0.15) is 5.82 Å². The summed E-state index contributed by atoms with van der Waals surface area (Å²) in [5, 5.41) is 1.18. The lowest BCUT2D eigenvalue weighted by atomic mass is 9.89. The van der Waals surface area contributed by atoms with Crippen LogP contribution in [0.3, 0.4) is 0 Å². The van der Waals surface area contributed by atoms with Crippen LogP contribution in [0.2, 0.25) is 0 Å². The van der Waals surface area contributed by atoms with Gasteiger partial charge in [0.15, 0.2) is 0 Å². The Morgan fingerprint density at radius 3 is 2.57 bits per heavy atom. The van der Waals surface area contributed by atoms with Gasteiger partial charge < -0.3 is 4.57 Å². The SMILES string of the molecule is O=c1c2cc(F)c(-c3cnc(C4CC4)cn3)cc2ccn1CC1CCCCC1. The van der Waals surface area contributed by atoms with E-state index in [0.717, 1.165) is 30.5 Å². The Labute approximate surface area is 163 Å². The molecule has 2 heterocycles. The van der Waals surface area contributed by atoms with Crippen LogP contribution in [0, 0.1) is 11.7 Å². The van der Waals surface area contributed by atoms with Crippen molar-refractivity contribution in [1.29, 1.82) is 0 Å². The van der Waals surface area contributed by atoms with Crippen LogP contribution in [0.1, 0.15) is 56.6 Å². The average Bonchev–Trinajstić information content (AvgIpc) is 3.57. The first kappa shape index (κ1) is 17.5. The highest BCUT2D eigenvalue weighted by Crippen LogP contribution is 2.38. The molecule has 0 bridgehead atoms. The van der Waals surface area contributed by atoms with Gasteiger partial charge in [0.2, 0.25) is 0 Å². The molecule has 2 fully saturated rings. The third-order valence-electron chi connectivity index (χ3n) is 6.19. The average molecular weight is 377 g/mol. The van der Waals surface area contributed by atoms with E-state index in [1.54, 1.807) is 23.0 Å². The molecule has 5 heteroatoms. The minimum absolute atomic E-state index is 0.108. The molecule has 4 nitrogen and oxygen atoms in total. The molecule has 1 aromatic carbocycles. The van der Waals surface area contributed by atoms with Crippen LogP contribution in [-0.4, -0.2) is 14.5 Å². The second-order valence-corrected chi connectivity index (χ2v) is 8.30. The molecule has 144 valence electrons. The number of rotatable bonds is 4. The Morgan fingerprint density at radius 2 is 1.86 bits per heavy atom. The van der Waals surface area contributed by atoms with E-state index < -0.39 is 5.82 Å². The van der Waals surface area contributed by atoms with Gasteiger partial charge in [-0.1, -0.05) is 19.3 Å². The van der Waals surface area contributed by atoms with Gasteiger partial charge >= 0.3 is 0 Å². The minimum atomic E-state index is -0.423. The monoisotopic (exact) mass is 377 g/mol. The largest absolute Gasteiger partial charge is 0.315 e. The minimum Gasteiger partial charge on any atom is -0.315 e. The van der Waals surface area contributed by atoms with Crippen LogP contribution in [0.15, 0.2) is 41.6 Å². The summed E-state index contributed by atoms with van der Waals surface area (Å²) >= 11 is 0. The lowest BCUT2D eigenvalue weighted by Crippen LogP contribution is -2.24. The van der Waals surface area contributed by atoms with Crippen molar-refractivity contribution in [2.75, 3.05) is 0 Å². The summed E-state index contributed by atoms with van der Waals surface area (Å²) in [7, 11) is 0. The second-order valence-electron chi connectivity index (χ2n) is 8.30. The van der Waals surface area contributed by atoms with E-state index in [9.17, 15) is 9.18 Å². The van der Waals surface area contributed by atoms with Gasteiger partial charge in [-0.3, -0.25) is 14.8 Å². The van der Waals surface area contributed by atoms with Crippen molar-refractivity contribution >= 4 is 10.8 Å². The fourth-order valence-electron chi connectivity index (χ4n) is 4.36. The molecular formula is C23H24FN3O. The maximum Gasteiger partial charge on any atom is 0.258 e. The van der Waals surface area contributed by atoms with Crippen molar-refractivity contribution in [2.45, 2.75) is 57.4 Å². The van der Waals surface area contributed by atoms with E-state index in [-0.39, 0.29) is 5.56 Å². The van der Waals surface area contributed by atoms with Crippen LogP contribution in [0.25, 0.3) is 22.0 Å². The van der Waals surface area contributed by atoms with Gasteiger partial charge in [-0.2, -0.15) is 0 Å². The van der Waals surface area contributed by atoms with Crippen LogP contribution in [-0.2, 0) is 6.54 Å². The highest BCUT2D eigenvalue weighted by molar-refractivity contribution is 5.86. The summed E-state index contributed by atoms with van der Waals surface area (Å²) in [5.41, 5.74) is 1.78. The molecule has 0 spiro atoms. The van der Waals surface area contributed by atoms with Gasteiger partial charge in [-0.25, -0.2) is 4.39 Å². The maximum atomic E-state index is 14.8. The Balaban J connectivity index is 1.48. The topological polar surface area (TPSA) is 47.8 Å². The summed E-state index contributed by atoms with van der Waals surface area (Å²) in [6, 6.07) is 4.99. The number of aromatic nitrogens is 3. The fourth-order valence-corrected chi connectivity index (χ4v) is 4.36. The van der Waals surface area contributed by atoms with E-state index in [0.29, 0.717) is 28.5 Å². The first-order valence-electron chi connectivity index (χ1n) is 10.3. The van der Waals surface area contributed by atoms with Gasteiger partial charge in [0.05, 0.1) is 23.0 Å². The molecule has 0 N–H and O–H groups in total. The molecule has 0 radical (unpaired) electrons. The van der Waals surface area contributed by atoms with Gasteiger partial charge in [0.25, 0.3) is 5.56 Å². The van der Waals surface area contributed by atoms with Gasteiger partial charge in [-0.15, -0.1) is 0 Å². The van der Waals surface area contributed by atoms with Crippen LogP contribution < -0.4 is 5.56 Å². The zero-order chi connectivity index (χ0) is 19.1. The number of hydrogen-bond acceptors (Lipinski definition) is 3. The van der Waals surface area contributed by atoms with E-state index >= 15 is 0 Å². The van der Waals surface area contributed by atoms with Crippen LogP contribution in [0.5, 0.6) is 0 Å². The first-order valence-corrected chi connectivity index (χ1v) is 10.3. The maximum absolute atomic E-state index is 14.8. The highest BCUT2D eigenvalue weighted by Gasteiger charge is 2.25. The number of nitrogens with zero attached hydrogens (tertiary/aromatic N) is 3. The molecule has 5 rings (SSSR count). The zero-order valence-corrected chi connectivity index (χ0v) is 15.9. The summed E-state index contributed by atoms with van der Waals surface area (Å²) in [5.74, 6) is 0.646. The van der Waals surface area contributed by atoms with Crippen molar-refractivity contribution in [3.8, 4) is 11.3 Å². The molecule has 0 unspecified atom stereocenters. The van der Waals surface area contributed by atoms with Gasteiger partial charge in [0, 0.05) is 30.4 Å². The molecule has 3 aromatic rings. The zero-order valence-electron chi connectivity index (χ0n) is 15.9. The van der Waals surface area contributed by atoms with Gasteiger partial charge in [-0.05, 0) is 55.2 Å². The Bertz CT molecular complexity index is 1060. The number of benzene rings is 1. The van der Waals surface area contributed by atoms with Crippen molar-refractivity contribution in [3.05, 3.63) is 58.7 Å². The van der Waals surface area contributed by atoms with E-state index in [1.807, 2.05) is 12.3 Å². The normalized spacial score (nSPS) is 17.9. The Kier molecular flexibility index (Phi) is 4.46. The summed E-state index contributed by atoms with van der Waals surface area (Å²) < 4.78 is 16.6. The third-order valence-corrected chi connectivity index (χ3v) is 6.19. The van der Waals surface area contributed by atoms with Crippen molar-refractivity contribution in [3.63, 3.8) is 0 Å². The molecule has 2 aliphatic carbocycles. The van der Waals surface area contributed by atoms with Crippen molar-refractivity contribution in [2.24, 2.45) is 5.92 Å². The molecule has 0 atom stereocenters. The predicted octanol–water partition coefficient (Wildman–Crippen LogP) is 5.06. The Hall–Kier alpha value is -2.56. The van der Waals surface area contributed by atoms with Crippen LogP contribution >= 0.6 is 0 Å². The molecule has 28 heavy (non-hydrogen) atoms. The molecule has 2 aromatic heterocycles. The Morgan fingerprint density at radius 1 is 1.04 bits per heavy atom. The lowest BCUT2D eigenvalue weighted by Gasteiger charge is -2.22. The van der Waals surface area contributed by atoms with Crippen molar-refractivity contribution < 1.29 is 4.39 Å². The number of pyridine rings is 1. The second kappa shape index (κ2) is 7.12. The smallest absolute Gasteiger partial charge is 0.258 e. The molecule has 2 aliphatic rings. The van der Waals surface area contributed by atoms with E-state index in [1.165, 1.54) is 38.2 Å². The third kappa shape index (κ3) is 3.34. The highest BCUT2D eigenvalue weighted by atomic mass is 19.1. The van der Waals surface area contributed by atoms with E-state index in [4.69, 9.17) is 0 Å². The first-order chi connectivity index (χ1) is 13.7. The summed E-state index contributed by atoms with van der Waals surface area (Å²) in [4.78, 5) is 21.7. The number of hydrogen-bond donors (Lipinski definition) is 0. The van der Waals surface area contributed by atoms with E-state index in [2.05, 4.69) is 9.97 Å². The predicted molar refractivity (Wildman–Crippen MR) is 108 cm³/mol. The molecule has 0 saturated heterocycles. The molecular weight excluding hydrogens is 353 g/mol. The molecule has 0 aliphatic heterocycles. The summed E-state index contributed by atoms with van der Waals surface area (Å²) in [6.07, 6.45) is 13.7. The van der Waals surface area contributed by atoms with Crippen LogP contribution in [0.4, 0.5) is 4.39 Å². The summed E-state index contributed by atoms with van der Waals surface area (Å²) in [6.45, 7) is 0.728. The molecule has 2 saturated carbocycles. The fraction of sp³-hybridized carbons (Fsp3) is 0.435. The standard InChI is InChI=1S/C23H24FN3O/c24-20-11-18-17(8-9-27(23(18)28)14-15-4-2-1-3-5-15)10-19(20)22-13-25-21(12-26-22)16-6-7-16/h8-13,15-16H,1-7,14H2. The lowest BCUT2D eigenvalue weighted by molar-refractivity contribution is 0.316. The quantitative estimate of drug-likeness (QED) is 0.639.